The van der Waals surface area contributed by atoms with Crippen molar-refractivity contribution in [1.82, 2.24) is 5.32 Å². The van der Waals surface area contributed by atoms with E-state index in [-0.39, 0.29) is 0 Å². The van der Waals surface area contributed by atoms with Crippen molar-refractivity contribution in [2.24, 2.45) is 0 Å². The lowest BCUT2D eigenvalue weighted by Gasteiger charge is -2.14. The van der Waals surface area contributed by atoms with Gasteiger partial charge in [-0.05, 0) is 43.7 Å². The Morgan fingerprint density at radius 1 is 1.41 bits per heavy atom. The number of fused-ring (bicyclic) bond motifs is 1. The van der Waals surface area contributed by atoms with Crippen LogP contribution in [0.25, 0.3) is 0 Å². The molecule has 0 aliphatic carbocycles. The molecule has 0 aromatic heterocycles. The summed E-state index contributed by atoms with van der Waals surface area (Å²) >= 11 is 1.75. The predicted molar refractivity (Wildman–Crippen MR) is 69.1 cm³/mol. The average molecular weight is 251 g/mol. The van der Waals surface area contributed by atoms with Crippen LogP contribution in [-0.4, -0.2) is 25.6 Å². The number of hydrogen-bond donors (Lipinski definition) is 1. The highest BCUT2D eigenvalue weighted by Gasteiger charge is 2.22. The van der Waals surface area contributed by atoms with Gasteiger partial charge in [0.25, 0.3) is 0 Å². The maximum absolute atomic E-state index is 5.56. The Morgan fingerprint density at radius 3 is 3.12 bits per heavy atom. The zero-order valence-electron chi connectivity index (χ0n) is 9.99. The monoisotopic (exact) mass is 251 g/mol. The van der Waals surface area contributed by atoms with Crippen LogP contribution in [0.2, 0.25) is 0 Å². The molecular weight excluding hydrogens is 234 g/mol. The van der Waals surface area contributed by atoms with Gasteiger partial charge in [-0.3, -0.25) is 0 Å². The van der Waals surface area contributed by atoms with Gasteiger partial charge in [0.2, 0.25) is 6.79 Å². The van der Waals surface area contributed by atoms with Crippen molar-refractivity contribution in [3.05, 3.63) is 17.7 Å². The van der Waals surface area contributed by atoms with Gasteiger partial charge in [0.05, 0.1) is 4.90 Å². The molecule has 2 aliphatic heterocycles. The molecule has 3 nitrogen and oxygen atoms in total. The first kappa shape index (κ1) is 11.2. The van der Waals surface area contributed by atoms with Crippen LogP contribution >= 0.6 is 11.8 Å². The molecule has 3 rings (SSSR count). The summed E-state index contributed by atoms with van der Waals surface area (Å²) in [7, 11) is 0. The molecular formula is C13H17NO2S. The summed E-state index contributed by atoms with van der Waals surface area (Å²) in [6, 6.07) is 4.84. The molecule has 0 saturated carbocycles. The quantitative estimate of drug-likeness (QED) is 0.836. The molecule has 2 heterocycles. The first-order valence-electron chi connectivity index (χ1n) is 6.07. The molecule has 1 N–H and O–H groups in total. The lowest BCUT2D eigenvalue weighted by molar-refractivity contribution is 0.172. The molecule has 1 fully saturated rings. The third kappa shape index (κ3) is 2.11. The fourth-order valence-electron chi connectivity index (χ4n) is 2.57. The summed E-state index contributed by atoms with van der Waals surface area (Å²) in [5, 5.41) is 3.54. The Hall–Kier alpha value is -0.870. The lowest BCUT2D eigenvalue weighted by atomic mass is 10.0. The normalized spacial score (nSPS) is 22.1. The van der Waals surface area contributed by atoms with Gasteiger partial charge in [-0.2, -0.15) is 0 Å². The van der Waals surface area contributed by atoms with E-state index in [1.807, 2.05) is 6.07 Å². The topological polar surface area (TPSA) is 30.5 Å². The zero-order chi connectivity index (χ0) is 11.7. The van der Waals surface area contributed by atoms with Gasteiger partial charge in [-0.1, -0.05) is 6.07 Å². The van der Waals surface area contributed by atoms with Crippen molar-refractivity contribution in [3.8, 4) is 11.5 Å². The molecule has 1 unspecified atom stereocenters. The number of nitrogens with one attached hydrogen (secondary N) is 1. The van der Waals surface area contributed by atoms with Gasteiger partial charge in [0, 0.05) is 6.04 Å². The van der Waals surface area contributed by atoms with Crippen molar-refractivity contribution in [3.63, 3.8) is 0 Å². The van der Waals surface area contributed by atoms with Gasteiger partial charge in [-0.25, -0.2) is 0 Å². The first-order valence-corrected chi connectivity index (χ1v) is 7.30. The second-order valence-electron chi connectivity index (χ2n) is 4.49. The van der Waals surface area contributed by atoms with Crippen LogP contribution in [0, 0.1) is 0 Å². The largest absolute Gasteiger partial charge is 0.454 e. The van der Waals surface area contributed by atoms with Gasteiger partial charge < -0.3 is 14.8 Å². The van der Waals surface area contributed by atoms with Gasteiger partial charge >= 0.3 is 0 Å². The van der Waals surface area contributed by atoms with E-state index in [0.717, 1.165) is 24.5 Å². The third-order valence-electron chi connectivity index (χ3n) is 3.41. The van der Waals surface area contributed by atoms with Gasteiger partial charge in [0.1, 0.15) is 0 Å². The molecule has 0 amide bonds. The van der Waals surface area contributed by atoms with E-state index in [2.05, 4.69) is 17.6 Å². The molecule has 1 atom stereocenters. The lowest BCUT2D eigenvalue weighted by Crippen LogP contribution is -2.23. The number of ether oxygens (including phenoxy) is 2. The minimum absolute atomic E-state index is 0.355. The Labute approximate surface area is 106 Å². The average Bonchev–Trinajstić information content (AvgIpc) is 2.98. The van der Waals surface area contributed by atoms with Crippen LogP contribution in [0.15, 0.2) is 17.0 Å². The minimum atomic E-state index is 0.355. The van der Waals surface area contributed by atoms with Gasteiger partial charge in [0.15, 0.2) is 11.5 Å². The SMILES string of the molecule is CSc1c(CC2CCCN2)ccc2c1OCO2. The Bertz CT molecular complexity index is 416. The van der Waals surface area contributed by atoms with Crippen molar-refractivity contribution >= 4 is 11.8 Å². The highest BCUT2D eigenvalue weighted by Crippen LogP contribution is 2.42. The zero-order valence-corrected chi connectivity index (χ0v) is 10.8. The second kappa shape index (κ2) is 4.78. The Balaban J connectivity index is 1.88. The molecule has 17 heavy (non-hydrogen) atoms. The van der Waals surface area contributed by atoms with E-state index >= 15 is 0 Å². The maximum Gasteiger partial charge on any atom is 0.231 e. The summed E-state index contributed by atoms with van der Waals surface area (Å²) < 4.78 is 11.0. The second-order valence-corrected chi connectivity index (χ2v) is 5.31. The van der Waals surface area contributed by atoms with Crippen molar-refractivity contribution in [2.45, 2.75) is 30.2 Å². The molecule has 1 saturated heterocycles. The highest BCUT2D eigenvalue weighted by atomic mass is 32.2. The summed E-state index contributed by atoms with van der Waals surface area (Å²) in [5.74, 6) is 1.82. The van der Waals surface area contributed by atoms with E-state index in [1.165, 1.54) is 23.3 Å². The van der Waals surface area contributed by atoms with E-state index in [0.29, 0.717) is 12.8 Å². The number of hydrogen-bond acceptors (Lipinski definition) is 4. The Kier molecular flexibility index (Phi) is 3.16. The Morgan fingerprint density at radius 2 is 2.35 bits per heavy atom. The van der Waals surface area contributed by atoms with Crippen molar-refractivity contribution < 1.29 is 9.47 Å². The maximum atomic E-state index is 5.56. The van der Waals surface area contributed by atoms with E-state index < -0.39 is 0 Å². The van der Waals surface area contributed by atoms with E-state index in [9.17, 15) is 0 Å². The summed E-state index contributed by atoms with van der Waals surface area (Å²) in [5.41, 5.74) is 1.38. The van der Waals surface area contributed by atoms with E-state index in [4.69, 9.17) is 9.47 Å². The summed E-state index contributed by atoms with van der Waals surface area (Å²) in [4.78, 5) is 1.24. The highest BCUT2D eigenvalue weighted by molar-refractivity contribution is 7.98. The molecule has 0 bridgehead atoms. The van der Waals surface area contributed by atoms with Gasteiger partial charge in [-0.15, -0.1) is 11.8 Å². The van der Waals surface area contributed by atoms with Crippen LogP contribution < -0.4 is 14.8 Å². The fraction of sp³-hybridized carbons (Fsp3) is 0.538. The third-order valence-corrected chi connectivity index (χ3v) is 4.26. The molecule has 0 radical (unpaired) electrons. The van der Waals surface area contributed by atoms with Crippen molar-refractivity contribution in [1.29, 1.82) is 0 Å². The molecule has 0 spiro atoms. The summed E-state index contributed by atoms with van der Waals surface area (Å²) in [6.07, 6.45) is 5.77. The molecule has 1 aromatic carbocycles. The van der Waals surface area contributed by atoms with Crippen molar-refractivity contribution in [2.75, 3.05) is 19.6 Å². The summed E-state index contributed by atoms with van der Waals surface area (Å²) in [6.45, 7) is 1.51. The van der Waals surface area contributed by atoms with Crippen LogP contribution in [0.4, 0.5) is 0 Å². The fourth-order valence-corrected chi connectivity index (χ4v) is 3.33. The standard InChI is InChI=1S/C13H17NO2S/c1-17-13-9(7-10-3-2-6-14-10)4-5-11-12(13)16-8-15-11/h4-5,10,14H,2-3,6-8H2,1H3. The number of thioether (sulfide) groups is 1. The van der Waals surface area contributed by atoms with Crippen LogP contribution in [0.5, 0.6) is 11.5 Å². The molecule has 4 heteroatoms. The molecule has 1 aromatic rings. The van der Waals surface area contributed by atoms with Crippen LogP contribution in [-0.2, 0) is 6.42 Å². The minimum Gasteiger partial charge on any atom is -0.454 e. The number of benzene rings is 1. The smallest absolute Gasteiger partial charge is 0.231 e. The van der Waals surface area contributed by atoms with Crippen LogP contribution in [0.1, 0.15) is 18.4 Å². The predicted octanol–water partition coefficient (Wildman–Crippen LogP) is 2.43. The number of rotatable bonds is 3. The van der Waals surface area contributed by atoms with Crippen LogP contribution in [0.3, 0.4) is 0 Å². The first-order chi connectivity index (χ1) is 8.38. The van der Waals surface area contributed by atoms with E-state index in [1.54, 1.807) is 11.8 Å². The molecule has 2 aliphatic rings. The molecule has 92 valence electrons.